The third-order valence-electron chi connectivity index (χ3n) is 0.644. The number of anilines is 1. The van der Waals surface area contributed by atoms with Gasteiger partial charge in [0.1, 0.15) is 0 Å². The largest absolute Gasteiger partial charge is 0.327 e. The molecule has 0 aliphatic rings. The molecule has 1 aromatic rings. The normalized spacial score (nSPS) is 9.00. The molecule has 5 nitrogen and oxygen atoms in total. The highest BCUT2D eigenvalue weighted by Gasteiger charge is 1.97. The SMILES string of the molecule is CC(=O)Nc1ncno1. The van der Waals surface area contributed by atoms with Crippen molar-refractivity contribution in [1.82, 2.24) is 10.1 Å². The Balaban J connectivity index is 2.58. The van der Waals surface area contributed by atoms with Crippen LogP contribution >= 0.6 is 0 Å². The number of amides is 1. The fourth-order valence-electron chi connectivity index (χ4n) is 0.379. The van der Waals surface area contributed by atoms with E-state index < -0.39 is 0 Å². The van der Waals surface area contributed by atoms with Gasteiger partial charge in [0.15, 0.2) is 6.33 Å². The quantitative estimate of drug-likeness (QED) is 0.577. The number of hydrogen-bond acceptors (Lipinski definition) is 4. The maximum Gasteiger partial charge on any atom is 0.327 e. The van der Waals surface area contributed by atoms with E-state index in [4.69, 9.17) is 0 Å². The van der Waals surface area contributed by atoms with Crippen LogP contribution in [0.1, 0.15) is 6.92 Å². The Morgan fingerprint density at radius 1 is 1.89 bits per heavy atom. The molecular formula is C4H5N3O2. The molecule has 1 amide bonds. The second-order valence-electron chi connectivity index (χ2n) is 1.43. The predicted octanol–water partition coefficient (Wildman–Crippen LogP) is 0.0280. The summed E-state index contributed by atoms with van der Waals surface area (Å²) in [6, 6.07) is 0.127. The fourth-order valence-corrected chi connectivity index (χ4v) is 0.379. The molecule has 1 heterocycles. The highest BCUT2D eigenvalue weighted by Crippen LogP contribution is 1.95. The Bertz CT molecular complexity index is 194. The van der Waals surface area contributed by atoms with E-state index in [9.17, 15) is 4.79 Å². The van der Waals surface area contributed by atoms with E-state index in [0.29, 0.717) is 0 Å². The average molecular weight is 127 g/mol. The van der Waals surface area contributed by atoms with E-state index in [0.717, 1.165) is 0 Å². The van der Waals surface area contributed by atoms with E-state index in [1.54, 1.807) is 0 Å². The molecule has 0 aromatic carbocycles. The number of nitrogens with zero attached hydrogens (tertiary/aromatic N) is 2. The zero-order valence-corrected chi connectivity index (χ0v) is 4.79. The Kier molecular flexibility index (Phi) is 1.44. The molecule has 1 N–H and O–H groups in total. The lowest BCUT2D eigenvalue weighted by Crippen LogP contribution is -2.05. The number of hydrogen-bond donors (Lipinski definition) is 1. The van der Waals surface area contributed by atoms with Crippen LogP contribution in [-0.2, 0) is 4.79 Å². The van der Waals surface area contributed by atoms with Gasteiger partial charge in [-0.3, -0.25) is 10.1 Å². The first kappa shape index (κ1) is 5.74. The molecule has 5 heteroatoms. The first-order valence-corrected chi connectivity index (χ1v) is 2.33. The molecule has 0 atom stereocenters. The minimum atomic E-state index is -0.223. The first-order valence-electron chi connectivity index (χ1n) is 2.33. The maximum absolute atomic E-state index is 10.3. The summed E-state index contributed by atoms with van der Waals surface area (Å²) in [4.78, 5) is 13.8. The zero-order valence-electron chi connectivity index (χ0n) is 4.79. The summed E-state index contributed by atoms with van der Waals surface area (Å²) in [6.45, 7) is 1.37. The molecule has 0 saturated heterocycles. The van der Waals surface area contributed by atoms with Crippen molar-refractivity contribution in [2.75, 3.05) is 5.32 Å². The van der Waals surface area contributed by atoms with Crippen LogP contribution in [0.3, 0.4) is 0 Å². The summed E-state index contributed by atoms with van der Waals surface area (Å²) in [7, 11) is 0. The van der Waals surface area contributed by atoms with Crippen molar-refractivity contribution in [3.63, 3.8) is 0 Å². The molecule has 0 unspecified atom stereocenters. The smallest absolute Gasteiger partial charge is 0.315 e. The number of aromatic nitrogens is 2. The zero-order chi connectivity index (χ0) is 6.69. The van der Waals surface area contributed by atoms with E-state index in [1.165, 1.54) is 13.3 Å². The Hall–Kier alpha value is -1.39. The highest BCUT2D eigenvalue weighted by atomic mass is 16.5. The predicted molar refractivity (Wildman–Crippen MR) is 28.6 cm³/mol. The van der Waals surface area contributed by atoms with Gasteiger partial charge in [0.05, 0.1) is 0 Å². The molecule has 0 aliphatic heterocycles. The van der Waals surface area contributed by atoms with Gasteiger partial charge in [0.2, 0.25) is 5.91 Å². The van der Waals surface area contributed by atoms with Crippen LogP contribution in [0.5, 0.6) is 0 Å². The van der Waals surface area contributed by atoms with Gasteiger partial charge in [-0.1, -0.05) is 5.16 Å². The molecule has 0 aliphatic carbocycles. The molecule has 1 aromatic heterocycles. The molecule has 48 valence electrons. The third-order valence-corrected chi connectivity index (χ3v) is 0.644. The Morgan fingerprint density at radius 2 is 2.67 bits per heavy atom. The second-order valence-corrected chi connectivity index (χ2v) is 1.43. The summed E-state index contributed by atoms with van der Waals surface area (Å²) >= 11 is 0. The fraction of sp³-hybridized carbons (Fsp3) is 0.250. The standard InChI is InChI=1S/C4H5N3O2/c1-3(8)7-4-5-2-6-9-4/h2H,1H3,(H,5,6,7,8). The molecule has 1 rings (SSSR count). The van der Waals surface area contributed by atoms with Crippen molar-refractivity contribution in [2.24, 2.45) is 0 Å². The molecular weight excluding hydrogens is 122 g/mol. The van der Waals surface area contributed by atoms with Gasteiger partial charge in [-0.2, -0.15) is 4.98 Å². The van der Waals surface area contributed by atoms with Crippen LogP contribution in [0.25, 0.3) is 0 Å². The van der Waals surface area contributed by atoms with Crippen LogP contribution in [0, 0.1) is 0 Å². The number of carbonyl (C=O) groups excluding carboxylic acids is 1. The van der Waals surface area contributed by atoms with Gasteiger partial charge in [0, 0.05) is 6.92 Å². The van der Waals surface area contributed by atoms with Gasteiger partial charge in [-0.15, -0.1) is 0 Å². The highest BCUT2D eigenvalue weighted by molar-refractivity contribution is 5.86. The summed E-state index contributed by atoms with van der Waals surface area (Å²) < 4.78 is 4.45. The molecule has 0 spiro atoms. The van der Waals surface area contributed by atoms with E-state index in [2.05, 4.69) is 20.0 Å². The molecule has 0 saturated carbocycles. The lowest BCUT2D eigenvalue weighted by Gasteiger charge is -1.88. The summed E-state index contributed by atoms with van der Waals surface area (Å²) in [5.41, 5.74) is 0. The second kappa shape index (κ2) is 2.25. The van der Waals surface area contributed by atoms with Crippen molar-refractivity contribution in [3.8, 4) is 0 Å². The van der Waals surface area contributed by atoms with Crippen LogP contribution in [0.2, 0.25) is 0 Å². The van der Waals surface area contributed by atoms with Crippen molar-refractivity contribution in [2.45, 2.75) is 6.92 Å². The van der Waals surface area contributed by atoms with Gasteiger partial charge in [-0.25, -0.2) is 0 Å². The number of nitrogens with one attached hydrogen (secondary N) is 1. The first-order chi connectivity index (χ1) is 4.29. The lowest BCUT2D eigenvalue weighted by atomic mass is 10.7. The molecule has 9 heavy (non-hydrogen) atoms. The number of rotatable bonds is 1. The minimum Gasteiger partial charge on any atom is -0.315 e. The molecule has 0 fully saturated rings. The van der Waals surface area contributed by atoms with Gasteiger partial charge in [0.25, 0.3) is 0 Å². The van der Waals surface area contributed by atoms with Crippen molar-refractivity contribution in [3.05, 3.63) is 6.33 Å². The van der Waals surface area contributed by atoms with Gasteiger partial charge < -0.3 is 4.52 Å². The topological polar surface area (TPSA) is 68.0 Å². The van der Waals surface area contributed by atoms with Gasteiger partial charge >= 0.3 is 6.01 Å². The van der Waals surface area contributed by atoms with E-state index in [-0.39, 0.29) is 11.9 Å². The minimum absolute atomic E-state index is 0.127. The summed E-state index contributed by atoms with van der Waals surface area (Å²) in [5, 5.41) is 5.58. The molecule has 0 radical (unpaired) electrons. The number of carbonyl (C=O) groups is 1. The monoisotopic (exact) mass is 127 g/mol. The van der Waals surface area contributed by atoms with Crippen molar-refractivity contribution >= 4 is 11.9 Å². The lowest BCUT2D eigenvalue weighted by molar-refractivity contribution is -0.114. The molecule has 0 bridgehead atoms. The summed E-state index contributed by atoms with van der Waals surface area (Å²) in [6.07, 6.45) is 1.21. The van der Waals surface area contributed by atoms with E-state index >= 15 is 0 Å². The van der Waals surface area contributed by atoms with Crippen LogP contribution in [0.15, 0.2) is 10.9 Å². The maximum atomic E-state index is 10.3. The van der Waals surface area contributed by atoms with Crippen LogP contribution < -0.4 is 5.32 Å². The van der Waals surface area contributed by atoms with Gasteiger partial charge in [-0.05, 0) is 0 Å². The average Bonchev–Trinajstić information content (AvgIpc) is 2.15. The third kappa shape index (κ3) is 1.52. The van der Waals surface area contributed by atoms with Crippen molar-refractivity contribution < 1.29 is 9.32 Å². The van der Waals surface area contributed by atoms with Crippen LogP contribution in [-0.4, -0.2) is 16.0 Å². The Labute approximate surface area is 51.1 Å². The summed E-state index contributed by atoms with van der Waals surface area (Å²) in [5.74, 6) is -0.223. The van der Waals surface area contributed by atoms with E-state index in [1.807, 2.05) is 0 Å². The Morgan fingerprint density at radius 3 is 3.11 bits per heavy atom. The van der Waals surface area contributed by atoms with Crippen molar-refractivity contribution in [1.29, 1.82) is 0 Å². The van der Waals surface area contributed by atoms with Crippen LogP contribution in [0.4, 0.5) is 6.01 Å².